The van der Waals surface area contributed by atoms with Crippen LogP contribution in [0.3, 0.4) is 0 Å². The standard InChI is InChI=1S/C18H23N3O3S/c1-23-15-9-7-14(8-10-15)17-19-20-18(24-17)25-13-16(22)21-11-5-3-2-4-6-12-21/h7-10H,2-6,11-13H2,1H3. The second-order valence-electron chi connectivity index (χ2n) is 6.04. The van der Waals surface area contributed by atoms with Gasteiger partial charge >= 0.3 is 0 Å². The Bertz CT molecular complexity index is 679. The van der Waals surface area contributed by atoms with E-state index in [0.29, 0.717) is 16.9 Å². The van der Waals surface area contributed by atoms with Gasteiger partial charge in [-0.1, -0.05) is 31.0 Å². The monoisotopic (exact) mass is 361 g/mol. The molecule has 0 aliphatic carbocycles. The summed E-state index contributed by atoms with van der Waals surface area (Å²) in [5.41, 5.74) is 0.829. The van der Waals surface area contributed by atoms with Gasteiger partial charge in [-0.3, -0.25) is 4.79 Å². The lowest BCUT2D eigenvalue weighted by Crippen LogP contribution is -2.35. The molecule has 7 heteroatoms. The van der Waals surface area contributed by atoms with Crippen molar-refractivity contribution in [2.75, 3.05) is 26.0 Å². The number of carbonyl (C=O) groups excluding carboxylic acids is 1. The van der Waals surface area contributed by atoms with Crippen LogP contribution in [0, 0.1) is 0 Å². The molecule has 6 nitrogen and oxygen atoms in total. The highest BCUT2D eigenvalue weighted by Crippen LogP contribution is 2.25. The van der Waals surface area contributed by atoms with Crippen molar-refractivity contribution in [2.45, 2.75) is 37.3 Å². The van der Waals surface area contributed by atoms with Gasteiger partial charge in [0, 0.05) is 18.7 Å². The zero-order chi connectivity index (χ0) is 17.5. The van der Waals surface area contributed by atoms with E-state index < -0.39 is 0 Å². The van der Waals surface area contributed by atoms with E-state index in [9.17, 15) is 4.79 Å². The molecule has 1 amide bonds. The molecule has 25 heavy (non-hydrogen) atoms. The summed E-state index contributed by atoms with van der Waals surface area (Å²) in [5.74, 6) is 1.71. The number of hydrogen-bond donors (Lipinski definition) is 0. The number of likely N-dealkylation sites (tertiary alicyclic amines) is 1. The van der Waals surface area contributed by atoms with Crippen molar-refractivity contribution in [3.63, 3.8) is 0 Å². The third kappa shape index (κ3) is 4.98. The zero-order valence-corrected chi connectivity index (χ0v) is 15.3. The molecule has 1 aromatic heterocycles. The van der Waals surface area contributed by atoms with Crippen LogP contribution in [0.25, 0.3) is 11.5 Å². The summed E-state index contributed by atoms with van der Waals surface area (Å²) in [6.07, 6.45) is 5.90. The van der Waals surface area contributed by atoms with Gasteiger partial charge in [0.2, 0.25) is 11.8 Å². The van der Waals surface area contributed by atoms with Crippen LogP contribution in [0.15, 0.2) is 33.9 Å². The number of nitrogens with zero attached hydrogens (tertiary/aromatic N) is 3. The Kier molecular flexibility index (Phi) is 6.33. The minimum Gasteiger partial charge on any atom is -0.497 e. The third-order valence-electron chi connectivity index (χ3n) is 4.27. The molecule has 0 N–H and O–H groups in total. The number of hydrogen-bond acceptors (Lipinski definition) is 6. The highest BCUT2D eigenvalue weighted by Gasteiger charge is 2.17. The predicted octanol–water partition coefficient (Wildman–Crippen LogP) is 3.63. The van der Waals surface area contributed by atoms with Crippen LogP contribution in [-0.4, -0.2) is 47.0 Å². The highest BCUT2D eigenvalue weighted by atomic mass is 32.2. The number of ether oxygens (including phenoxy) is 1. The minimum atomic E-state index is 0.149. The number of rotatable bonds is 5. The SMILES string of the molecule is COc1ccc(-c2nnc(SCC(=O)N3CCCCCCC3)o2)cc1. The number of benzene rings is 1. The summed E-state index contributed by atoms with van der Waals surface area (Å²) in [4.78, 5) is 14.4. The average Bonchev–Trinajstić information content (AvgIpc) is 3.08. The highest BCUT2D eigenvalue weighted by molar-refractivity contribution is 7.99. The van der Waals surface area contributed by atoms with E-state index in [2.05, 4.69) is 10.2 Å². The molecule has 0 saturated carbocycles. The molecule has 1 fully saturated rings. The van der Waals surface area contributed by atoms with Gasteiger partial charge in [-0.05, 0) is 37.1 Å². The fourth-order valence-corrected chi connectivity index (χ4v) is 3.50. The van der Waals surface area contributed by atoms with Gasteiger partial charge in [0.05, 0.1) is 12.9 Å². The number of methoxy groups -OCH3 is 1. The van der Waals surface area contributed by atoms with Gasteiger partial charge in [-0.2, -0.15) is 0 Å². The Hall–Kier alpha value is -2.02. The van der Waals surface area contributed by atoms with E-state index >= 15 is 0 Å². The van der Waals surface area contributed by atoms with Crippen LogP contribution < -0.4 is 4.74 Å². The maximum atomic E-state index is 12.4. The van der Waals surface area contributed by atoms with Crippen LogP contribution in [-0.2, 0) is 4.79 Å². The first kappa shape index (κ1) is 17.8. The first-order chi connectivity index (χ1) is 12.3. The van der Waals surface area contributed by atoms with Gasteiger partial charge in [0.1, 0.15) is 5.75 Å². The number of aromatic nitrogens is 2. The van der Waals surface area contributed by atoms with Gasteiger partial charge in [0.15, 0.2) is 0 Å². The summed E-state index contributed by atoms with van der Waals surface area (Å²) < 4.78 is 10.8. The fourth-order valence-electron chi connectivity index (χ4n) is 2.83. The second-order valence-corrected chi connectivity index (χ2v) is 6.97. The molecular formula is C18H23N3O3S. The predicted molar refractivity (Wildman–Crippen MR) is 96.7 cm³/mol. The molecule has 0 atom stereocenters. The summed E-state index contributed by atoms with van der Waals surface area (Å²) >= 11 is 1.30. The van der Waals surface area contributed by atoms with Gasteiger partial charge < -0.3 is 14.1 Å². The largest absolute Gasteiger partial charge is 0.497 e. The van der Waals surface area contributed by atoms with E-state index in [-0.39, 0.29) is 5.91 Å². The van der Waals surface area contributed by atoms with Crippen molar-refractivity contribution < 1.29 is 13.9 Å². The van der Waals surface area contributed by atoms with Crippen molar-refractivity contribution in [3.05, 3.63) is 24.3 Å². The van der Waals surface area contributed by atoms with Crippen molar-refractivity contribution in [1.29, 1.82) is 0 Å². The third-order valence-corrected chi connectivity index (χ3v) is 5.07. The Morgan fingerprint density at radius 2 is 1.80 bits per heavy atom. The molecule has 3 rings (SSSR count). The molecule has 1 aliphatic rings. The Morgan fingerprint density at radius 3 is 2.48 bits per heavy atom. The lowest BCUT2D eigenvalue weighted by molar-refractivity contribution is -0.128. The van der Waals surface area contributed by atoms with E-state index in [1.807, 2.05) is 29.2 Å². The molecule has 2 heterocycles. The fraction of sp³-hybridized carbons (Fsp3) is 0.500. The molecule has 1 aromatic carbocycles. The summed E-state index contributed by atoms with van der Waals surface area (Å²) in [7, 11) is 1.62. The van der Waals surface area contributed by atoms with E-state index in [1.165, 1.54) is 31.0 Å². The first-order valence-electron chi connectivity index (χ1n) is 8.65. The Labute approximate surface area is 151 Å². The Balaban J connectivity index is 1.54. The van der Waals surface area contributed by atoms with Crippen LogP contribution in [0.1, 0.15) is 32.1 Å². The molecule has 1 saturated heterocycles. The maximum Gasteiger partial charge on any atom is 0.277 e. The number of carbonyl (C=O) groups is 1. The van der Waals surface area contributed by atoms with Crippen LogP contribution >= 0.6 is 11.8 Å². The first-order valence-corrected chi connectivity index (χ1v) is 9.63. The molecule has 0 spiro atoms. The molecule has 1 aliphatic heterocycles. The van der Waals surface area contributed by atoms with E-state index in [1.54, 1.807) is 7.11 Å². The summed E-state index contributed by atoms with van der Waals surface area (Å²) in [5, 5.41) is 8.51. The molecule has 0 radical (unpaired) electrons. The van der Waals surface area contributed by atoms with Crippen molar-refractivity contribution in [3.8, 4) is 17.2 Å². The number of amides is 1. The van der Waals surface area contributed by atoms with Gasteiger partial charge in [0.25, 0.3) is 5.22 Å². The normalized spacial score (nSPS) is 15.5. The summed E-state index contributed by atoms with van der Waals surface area (Å²) in [6.45, 7) is 1.72. The average molecular weight is 361 g/mol. The topological polar surface area (TPSA) is 68.5 Å². The smallest absolute Gasteiger partial charge is 0.277 e. The van der Waals surface area contributed by atoms with E-state index in [4.69, 9.17) is 9.15 Å². The minimum absolute atomic E-state index is 0.149. The van der Waals surface area contributed by atoms with Crippen molar-refractivity contribution in [1.82, 2.24) is 15.1 Å². The second kappa shape index (κ2) is 8.89. The summed E-state index contributed by atoms with van der Waals surface area (Å²) in [6, 6.07) is 7.42. The maximum absolute atomic E-state index is 12.4. The molecular weight excluding hydrogens is 338 g/mol. The lowest BCUT2D eigenvalue weighted by atomic mass is 10.1. The molecule has 134 valence electrons. The zero-order valence-electron chi connectivity index (χ0n) is 14.4. The quantitative estimate of drug-likeness (QED) is 0.758. The molecule has 0 bridgehead atoms. The van der Waals surface area contributed by atoms with Gasteiger partial charge in [-0.15, -0.1) is 10.2 Å². The molecule has 2 aromatic rings. The van der Waals surface area contributed by atoms with Crippen LogP contribution in [0.2, 0.25) is 0 Å². The number of thioether (sulfide) groups is 1. The van der Waals surface area contributed by atoms with Crippen LogP contribution in [0.4, 0.5) is 0 Å². The molecule has 0 unspecified atom stereocenters. The van der Waals surface area contributed by atoms with Crippen molar-refractivity contribution >= 4 is 17.7 Å². The van der Waals surface area contributed by atoms with E-state index in [0.717, 1.165) is 37.2 Å². The Morgan fingerprint density at radius 1 is 1.12 bits per heavy atom. The van der Waals surface area contributed by atoms with Crippen molar-refractivity contribution in [2.24, 2.45) is 0 Å². The van der Waals surface area contributed by atoms with Gasteiger partial charge in [-0.25, -0.2) is 0 Å². The van der Waals surface area contributed by atoms with Crippen LogP contribution in [0.5, 0.6) is 5.75 Å². The lowest BCUT2D eigenvalue weighted by Gasteiger charge is -2.24.